The van der Waals surface area contributed by atoms with Crippen molar-refractivity contribution in [3.8, 4) is 0 Å². The highest BCUT2D eigenvalue weighted by atomic mass is 32.1. The fourth-order valence-electron chi connectivity index (χ4n) is 1.19. The lowest BCUT2D eigenvalue weighted by Gasteiger charge is -2.02. The number of carbonyl (C=O) groups excluding carboxylic acids is 1. The minimum Gasteiger partial charge on any atom is -0.350 e. The fraction of sp³-hybridized carbons (Fsp3) is 0.333. The van der Waals surface area contributed by atoms with E-state index < -0.39 is 6.03 Å². The van der Waals surface area contributed by atoms with E-state index in [9.17, 15) is 4.79 Å². The van der Waals surface area contributed by atoms with Gasteiger partial charge in [0.25, 0.3) is 0 Å². The Kier molecular flexibility index (Phi) is 4.12. The zero-order valence-electron chi connectivity index (χ0n) is 9.07. The van der Waals surface area contributed by atoms with Gasteiger partial charge < -0.3 is 10.7 Å². The number of aromatic nitrogens is 2. The number of primary amides is 1. The lowest BCUT2D eigenvalue weighted by Crippen LogP contribution is -2.25. The van der Waals surface area contributed by atoms with Gasteiger partial charge in [-0.25, -0.2) is 15.2 Å². The Bertz CT molecular complexity index is 479. The molecular formula is C9H13N5OS. The van der Waals surface area contributed by atoms with Crippen LogP contribution in [-0.4, -0.2) is 21.7 Å². The molecule has 0 aliphatic rings. The lowest BCUT2D eigenvalue weighted by molar-refractivity contribution is 0.249. The van der Waals surface area contributed by atoms with Gasteiger partial charge in [-0.15, -0.1) is 0 Å². The maximum absolute atomic E-state index is 10.4. The minimum absolute atomic E-state index is 0.436. The number of rotatable bonds is 3. The SMILES string of the molecule is C/C(Cc1cc(C)[nH]c(=S)n1)=N\NC(N)=O. The molecule has 1 aromatic rings. The average Bonchev–Trinajstić information content (AvgIpc) is 2.12. The van der Waals surface area contributed by atoms with Gasteiger partial charge >= 0.3 is 6.03 Å². The topological polar surface area (TPSA) is 96.2 Å². The van der Waals surface area contributed by atoms with Crippen molar-refractivity contribution in [3.63, 3.8) is 0 Å². The largest absolute Gasteiger partial charge is 0.350 e. The summed E-state index contributed by atoms with van der Waals surface area (Å²) < 4.78 is 0.436. The minimum atomic E-state index is -0.686. The van der Waals surface area contributed by atoms with Gasteiger partial charge in [0.15, 0.2) is 4.77 Å². The lowest BCUT2D eigenvalue weighted by atomic mass is 10.2. The van der Waals surface area contributed by atoms with Crippen LogP contribution in [0.3, 0.4) is 0 Å². The average molecular weight is 239 g/mol. The summed E-state index contributed by atoms with van der Waals surface area (Å²) in [7, 11) is 0. The molecule has 0 aromatic carbocycles. The van der Waals surface area contributed by atoms with Gasteiger partial charge in [0.2, 0.25) is 0 Å². The third kappa shape index (κ3) is 4.18. The number of nitrogens with zero attached hydrogens (tertiary/aromatic N) is 2. The van der Waals surface area contributed by atoms with Crippen LogP contribution in [-0.2, 0) is 6.42 Å². The van der Waals surface area contributed by atoms with Crippen LogP contribution in [0.15, 0.2) is 11.2 Å². The summed E-state index contributed by atoms with van der Waals surface area (Å²) in [5, 5.41) is 3.79. The second-order valence-electron chi connectivity index (χ2n) is 3.36. The molecule has 0 spiro atoms. The van der Waals surface area contributed by atoms with Gasteiger partial charge in [0.1, 0.15) is 0 Å². The fourth-order valence-corrected chi connectivity index (χ4v) is 1.47. The van der Waals surface area contributed by atoms with E-state index in [0.29, 0.717) is 16.9 Å². The first-order chi connectivity index (χ1) is 7.47. The van der Waals surface area contributed by atoms with E-state index in [4.69, 9.17) is 18.0 Å². The van der Waals surface area contributed by atoms with Crippen LogP contribution in [0.2, 0.25) is 0 Å². The van der Waals surface area contributed by atoms with Crippen molar-refractivity contribution in [1.82, 2.24) is 15.4 Å². The molecule has 0 aliphatic carbocycles. The smallest absolute Gasteiger partial charge is 0.332 e. The molecule has 4 N–H and O–H groups in total. The number of H-pyrrole nitrogens is 1. The van der Waals surface area contributed by atoms with E-state index in [-0.39, 0.29) is 0 Å². The van der Waals surface area contributed by atoms with Crippen LogP contribution in [0.25, 0.3) is 0 Å². The maximum atomic E-state index is 10.4. The summed E-state index contributed by atoms with van der Waals surface area (Å²) in [4.78, 5) is 17.5. The van der Waals surface area contributed by atoms with E-state index in [2.05, 4.69) is 20.5 Å². The van der Waals surface area contributed by atoms with Crippen molar-refractivity contribution in [2.45, 2.75) is 20.3 Å². The number of hydrogen-bond donors (Lipinski definition) is 3. The number of aromatic amines is 1. The van der Waals surface area contributed by atoms with Crippen LogP contribution >= 0.6 is 12.2 Å². The second kappa shape index (κ2) is 5.36. The van der Waals surface area contributed by atoms with Gasteiger partial charge in [0, 0.05) is 17.8 Å². The van der Waals surface area contributed by atoms with Crippen molar-refractivity contribution in [2.24, 2.45) is 10.8 Å². The molecule has 16 heavy (non-hydrogen) atoms. The molecule has 0 saturated heterocycles. The van der Waals surface area contributed by atoms with Crippen molar-refractivity contribution in [2.75, 3.05) is 0 Å². The number of carbonyl (C=O) groups is 1. The van der Waals surface area contributed by atoms with Crippen LogP contribution < -0.4 is 11.2 Å². The van der Waals surface area contributed by atoms with E-state index in [1.54, 1.807) is 6.92 Å². The number of amides is 2. The molecular weight excluding hydrogens is 226 g/mol. The first kappa shape index (κ1) is 12.3. The molecule has 0 saturated carbocycles. The van der Waals surface area contributed by atoms with Crippen LogP contribution in [0, 0.1) is 11.7 Å². The van der Waals surface area contributed by atoms with E-state index in [1.165, 1.54) is 0 Å². The molecule has 1 aromatic heterocycles. The number of urea groups is 1. The van der Waals surface area contributed by atoms with Gasteiger partial charge in [-0.05, 0) is 32.1 Å². The predicted molar refractivity (Wildman–Crippen MR) is 63.7 cm³/mol. The first-order valence-corrected chi connectivity index (χ1v) is 5.03. The van der Waals surface area contributed by atoms with Crippen molar-refractivity contribution < 1.29 is 4.79 Å². The third-order valence-electron chi connectivity index (χ3n) is 1.73. The number of hydrazone groups is 1. The molecule has 0 fully saturated rings. The van der Waals surface area contributed by atoms with Gasteiger partial charge in [0.05, 0.1) is 5.69 Å². The van der Waals surface area contributed by atoms with Crippen molar-refractivity contribution in [1.29, 1.82) is 0 Å². The number of nitrogens with one attached hydrogen (secondary N) is 2. The van der Waals surface area contributed by atoms with E-state index in [0.717, 1.165) is 11.4 Å². The van der Waals surface area contributed by atoms with Gasteiger partial charge in [-0.2, -0.15) is 5.10 Å². The molecule has 1 heterocycles. The Balaban J connectivity index is 2.76. The van der Waals surface area contributed by atoms with Gasteiger partial charge in [-0.1, -0.05) is 0 Å². The molecule has 0 bridgehead atoms. The highest BCUT2D eigenvalue weighted by Crippen LogP contribution is 2.00. The molecule has 0 aliphatic heterocycles. The summed E-state index contributed by atoms with van der Waals surface area (Å²) in [5.41, 5.74) is 9.48. The van der Waals surface area contributed by atoms with Crippen molar-refractivity contribution in [3.05, 3.63) is 22.2 Å². The quantitative estimate of drug-likeness (QED) is 0.417. The molecule has 2 amide bonds. The summed E-state index contributed by atoms with van der Waals surface area (Å²) in [6.07, 6.45) is 0.513. The first-order valence-electron chi connectivity index (χ1n) is 4.63. The normalized spacial score (nSPS) is 11.2. The van der Waals surface area contributed by atoms with Crippen molar-refractivity contribution >= 4 is 24.0 Å². The maximum Gasteiger partial charge on any atom is 0.332 e. The summed E-state index contributed by atoms with van der Waals surface area (Å²) in [6.45, 7) is 3.67. The van der Waals surface area contributed by atoms with E-state index in [1.807, 2.05) is 13.0 Å². The molecule has 0 unspecified atom stereocenters. The zero-order valence-corrected chi connectivity index (χ0v) is 9.89. The monoisotopic (exact) mass is 239 g/mol. The molecule has 86 valence electrons. The molecule has 0 atom stereocenters. The third-order valence-corrected chi connectivity index (χ3v) is 1.92. The zero-order chi connectivity index (χ0) is 12.1. The molecule has 0 radical (unpaired) electrons. The Morgan fingerprint density at radius 3 is 3.00 bits per heavy atom. The highest BCUT2D eigenvalue weighted by molar-refractivity contribution is 7.71. The number of nitrogens with two attached hydrogens (primary N) is 1. The molecule has 1 rings (SSSR count). The Morgan fingerprint density at radius 2 is 2.44 bits per heavy atom. The Hall–Kier alpha value is -1.76. The Labute approximate surface area is 98.0 Å². The summed E-state index contributed by atoms with van der Waals surface area (Å²) in [5.74, 6) is 0. The Morgan fingerprint density at radius 1 is 1.75 bits per heavy atom. The summed E-state index contributed by atoms with van der Waals surface area (Å²) >= 11 is 4.95. The summed E-state index contributed by atoms with van der Waals surface area (Å²) in [6, 6.07) is 1.19. The molecule has 6 nitrogen and oxygen atoms in total. The molecule has 7 heteroatoms. The van der Waals surface area contributed by atoms with Crippen LogP contribution in [0.5, 0.6) is 0 Å². The van der Waals surface area contributed by atoms with Crippen LogP contribution in [0.1, 0.15) is 18.3 Å². The standard InChI is InChI=1S/C9H13N5OS/c1-5-3-7(12-9(16)11-5)4-6(2)13-14-8(10)15/h3H,4H2,1-2H3,(H3,10,14,15)(H,11,12,16)/b13-6+. The predicted octanol–water partition coefficient (Wildman–Crippen LogP) is 1.03. The van der Waals surface area contributed by atoms with E-state index >= 15 is 0 Å². The van der Waals surface area contributed by atoms with Gasteiger partial charge in [-0.3, -0.25) is 0 Å². The second-order valence-corrected chi connectivity index (χ2v) is 3.75. The van der Waals surface area contributed by atoms with Crippen LogP contribution in [0.4, 0.5) is 4.79 Å². The number of aryl methyl sites for hydroxylation is 1. The number of hydrogen-bond acceptors (Lipinski definition) is 4. The highest BCUT2D eigenvalue weighted by Gasteiger charge is 2.00.